The van der Waals surface area contributed by atoms with E-state index in [1.54, 1.807) is 0 Å². The smallest absolute Gasteiger partial charge is 0.267 e. The highest BCUT2D eigenvalue weighted by molar-refractivity contribution is 7.08. The SMILES string of the molecule is CCCc1nnsc1C(=O)N1CCCC[C@@H]1CCc1ccccn1. The van der Waals surface area contributed by atoms with Gasteiger partial charge in [-0.05, 0) is 62.2 Å². The van der Waals surface area contributed by atoms with E-state index in [1.165, 1.54) is 18.0 Å². The van der Waals surface area contributed by atoms with Gasteiger partial charge in [0, 0.05) is 24.5 Å². The van der Waals surface area contributed by atoms with Gasteiger partial charge in [-0.15, -0.1) is 5.10 Å². The van der Waals surface area contributed by atoms with Gasteiger partial charge in [0.05, 0.1) is 5.69 Å². The summed E-state index contributed by atoms with van der Waals surface area (Å²) >= 11 is 1.24. The number of carbonyl (C=O) groups excluding carboxylic acids is 1. The summed E-state index contributed by atoms with van der Waals surface area (Å²) in [6, 6.07) is 6.31. The Kier molecular flexibility index (Phi) is 5.91. The molecule has 0 saturated carbocycles. The molecule has 0 N–H and O–H groups in total. The second-order valence-corrected chi connectivity index (χ2v) is 7.06. The summed E-state index contributed by atoms with van der Waals surface area (Å²) in [6.07, 6.45) is 8.88. The van der Waals surface area contributed by atoms with Crippen LogP contribution in [0.3, 0.4) is 0 Å². The van der Waals surface area contributed by atoms with Crippen molar-refractivity contribution >= 4 is 17.4 Å². The van der Waals surface area contributed by atoms with Gasteiger partial charge >= 0.3 is 0 Å². The fraction of sp³-hybridized carbons (Fsp3) is 0.556. The zero-order valence-electron chi connectivity index (χ0n) is 14.1. The molecule has 128 valence electrons. The molecule has 5 nitrogen and oxygen atoms in total. The summed E-state index contributed by atoms with van der Waals surface area (Å²) < 4.78 is 4.01. The van der Waals surface area contributed by atoms with Gasteiger partial charge in [-0.1, -0.05) is 23.9 Å². The lowest BCUT2D eigenvalue weighted by molar-refractivity contribution is 0.0605. The third kappa shape index (κ3) is 3.98. The molecule has 0 aliphatic carbocycles. The Morgan fingerprint density at radius 3 is 3.04 bits per heavy atom. The first kappa shape index (κ1) is 17.0. The summed E-state index contributed by atoms with van der Waals surface area (Å²) in [5, 5.41) is 4.15. The fourth-order valence-electron chi connectivity index (χ4n) is 3.33. The highest BCUT2D eigenvalue weighted by atomic mass is 32.1. The van der Waals surface area contributed by atoms with Crippen LogP contribution in [-0.2, 0) is 12.8 Å². The number of carbonyl (C=O) groups is 1. The van der Waals surface area contributed by atoms with E-state index in [0.29, 0.717) is 6.04 Å². The Hall–Kier alpha value is -1.82. The fourth-order valence-corrected chi connectivity index (χ4v) is 4.00. The number of hydrogen-bond donors (Lipinski definition) is 0. The first-order chi connectivity index (χ1) is 11.8. The first-order valence-corrected chi connectivity index (χ1v) is 9.59. The minimum atomic E-state index is 0.124. The number of amides is 1. The van der Waals surface area contributed by atoms with Crippen LogP contribution < -0.4 is 0 Å². The van der Waals surface area contributed by atoms with E-state index >= 15 is 0 Å². The average Bonchev–Trinajstić information content (AvgIpc) is 3.09. The molecule has 1 atom stereocenters. The predicted octanol–water partition coefficient (Wildman–Crippen LogP) is 3.51. The second kappa shape index (κ2) is 8.33. The topological polar surface area (TPSA) is 59.0 Å². The zero-order valence-corrected chi connectivity index (χ0v) is 15.0. The lowest BCUT2D eigenvalue weighted by Gasteiger charge is -2.35. The minimum Gasteiger partial charge on any atom is -0.335 e. The first-order valence-electron chi connectivity index (χ1n) is 8.81. The molecule has 0 bridgehead atoms. The lowest BCUT2D eigenvalue weighted by Crippen LogP contribution is -2.44. The van der Waals surface area contributed by atoms with Gasteiger partial charge < -0.3 is 4.90 Å². The molecular formula is C18H24N4OS. The van der Waals surface area contributed by atoms with Gasteiger partial charge in [0.15, 0.2) is 0 Å². The molecule has 1 aliphatic heterocycles. The van der Waals surface area contributed by atoms with Crippen molar-refractivity contribution < 1.29 is 4.79 Å². The molecule has 2 aromatic rings. The van der Waals surface area contributed by atoms with Crippen LogP contribution in [0.4, 0.5) is 0 Å². The number of piperidine rings is 1. The molecule has 1 aliphatic rings. The Morgan fingerprint density at radius 1 is 1.33 bits per heavy atom. The Morgan fingerprint density at radius 2 is 2.25 bits per heavy atom. The molecule has 0 unspecified atom stereocenters. The maximum Gasteiger partial charge on any atom is 0.267 e. The molecule has 2 aromatic heterocycles. The normalized spacial score (nSPS) is 17.9. The predicted molar refractivity (Wildman–Crippen MR) is 95.1 cm³/mol. The number of nitrogens with zero attached hydrogens (tertiary/aromatic N) is 4. The monoisotopic (exact) mass is 344 g/mol. The summed E-state index contributed by atoms with van der Waals surface area (Å²) in [6.45, 7) is 2.94. The largest absolute Gasteiger partial charge is 0.335 e. The van der Waals surface area contributed by atoms with Crippen molar-refractivity contribution in [3.05, 3.63) is 40.7 Å². The van der Waals surface area contributed by atoms with Gasteiger partial charge in [-0.2, -0.15) is 0 Å². The van der Waals surface area contributed by atoms with Crippen LogP contribution in [0.1, 0.15) is 60.1 Å². The van der Waals surface area contributed by atoms with E-state index in [4.69, 9.17) is 0 Å². The highest BCUT2D eigenvalue weighted by Crippen LogP contribution is 2.25. The van der Waals surface area contributed by atoms with E-state index < -0.39 is 0 Å². The van der Waals surface area contributed by atoms with Gasteiger partial charge in [-0.3, -0.25) is 9.78 Å². The van der Waals surface area contributed by atoms with E-state index in [1.807, 2.05) is 18.3 Å². The van der Waals surface area contributed by atoms with Gasteiger partial charge in [0.25, 0.3) is 5.91 Å². The van der Waals surface area contributed by atoms with Crippen molar-refractivity contribution in [3.63, 3.8) is 0 Å². The molecular weight excluding hydrogens is 320 g/mol. The van der Waals surface area contributed by atoms with Crippen LogP contribution in [-0.4, -0.2) is 38.0 Å². The summed E-state index contributed by atoms with van der Waals surface area (Å²) in [7, 11) is 0. The molecule has 1 fully saturated rings. The minimum absolute atomic E-state index is 0.124. The molecule has 1 amide bonds. The third-order valence-corrected chi connectivity index (χ3v) is 5.34. The highest BCUT2D eigenvalue weighted by Gasteiger charge is 2.30. The van der Waals surface area contributed by atoms with Crippen molar-refractivity contribution in [2.75, 3.05) is 6.54 Å². The van der Waals surface area contributed by atoms with Crippen LogP contribution in [0.2, 0.25) is 0 Å². The standard InChI is InChI=1S/C18H24N4OS/c1-2-7-16-17(24-21-20-16)18(23)22-13-6-4-9-15(22)11-10-14-8-3-5-12-19-14/h3,5,8,12,15H,2,4,6-7,9-11,13H2,1H3/t15-/m1/s1. The molecule has 6 heteroatoms. The van der Waals surface area contributed by atoms with Crippen LogP contribution in [0, 0.1) is 0 Å². The van der Waals surface area contributed by atoms with Crippen molar-refractivity contribution in [1.82, 2.24) is 19.5 Å². The van der Waals surface area contributed by atoms with Crippen molar-refractivity contribution in [1.29, 1.82) is 0 Å². The van der Waals surface area contributed by atoms with Crippen LogP contribution in [0.25, 0.3) is 0 Å². The van der Waals surface area contributed by atoms with E-state index in [-0.39, 0.29) is 5.91 Å². The van der Waals surface area contributed by atoms with Gasteiger partial charge in [-0.25, -0.2) is 0 Å². The molecule has 24 heavy (non-hydrogen) atoms. The maximum atomic E-state index is 13.0. The average molecular weight is 344 g/mol. The lowest BCUT2D eigenvalue weighted by atomic mass is 9.96. The van der Waals surface area contributed by atoms with Crippen molar-refractivity contribution in [2.45, 2.75) is 57.9 Å². The van der Waals surface area contributed by atoms with E-state index in [0.717, 1.165) is 61.3 Å². The van der Waals surface area contributed by atoms with Crippen LogP contribution >= 0.6 is 11.5 Å². The number of pyridine rings is 1. The number of likely N-dealkylation sites (tertiary alicyclic amines) is 1. The zero-order chi connectivity index (χ0) is 16.8. The van der Waals surface area contributed by atoms with E-state index in [9.17, 15) is 4.79 Å². The summed E-state index contributed by atoms with van der Waals surface area (Å²) in [5.74, 6) is 0.124. The third-order valence-electron chi connectivity index (χ3n) is 4.58. The van der Waals surface area contributed by atoms with Crippen molar-refractivity contribution in [3.8, 4) is 0 Å². The number of rotatable bonds is 6. The molecule has 3 rings (SSSR count). The van der Waals surface area contributed by atoms with Gasteiger partial charge in [0.2, 0.25) is 0 Å². The Bertz CT molecular complexity index is 658. The van der Waals surface area contributed by atoms with E-state index in [2.05, 4.69) is 32.5 Å². The molecule has 3 heterocycles. The number of aromatic nitrogens is 3. The second-order valence-electron chi connectivity index (χ2n) is 6.31. The number of hydrogen-bond acceptors (Lipinski definition) is 5. The molecule has 0 aromatic carbocycles. The Balaban J connectivity index is 1.69. The molecule has 1 saturated heterocycles. The maximum absolute atomic E-state index is 13.0. The Labute approximate surface area is 147 Å². The van der Waals surface area contributed by atoms with Crippen LogP contribution in [0.5, 0.6) is 0 Å². The van der Waals surface area contributed by atoms with Crippen LogP contribution in [0.15, 0.2) is 24.4 Å². The number of aryl methyl sites for hydroxylation is 2. The summed E-state index contributed by atoms with van der Waals surface area (Å²) in [4.78, 5) is 20.2. The quantitative estimate of drug-likeness (QED) is 0.804. The molecule has 0 radical (unpaired) electrons. The van der Waals surface area contributed by atoms with Crippen molar-refractivity contribution in [2.24, 2.45) is 0 Å². The summed E-state index contributed by atoms with van der Waals surface area (Å²) in [5.41, 5.74) is 1.96. The molecule has 0 spiro atoms. The van der Waals surface area contributed by atoms with Gasteiger partial charge in [0.1, 0.15) is 4.88 Å².